The van der Waals surface area contributed by atoms with Crippen LogP contribution in [0, 0.1) is 5.92 Å². The van der Waals surface area contributed by atoms with E-state index in [1.165, 1.54) is 0 Å². The van der Waals surface area contributed by atoms with Crippen molar-refractivity contribution >= 4 is 11.9 Å². The number of piperidine rings is 1. The molecule has 0 N–H and O–H groups in total. The van der Waals surface area contributed by atoms with E-state index in [-0.39, 0.29) is 11.7 Å². The maximum atomic E-state index is 12.7. The zero-order valence-electron chi connectivity index (χ0n) is 14.2. The Kier molecular flexibility index (Phi) is 5.33. The number of hydrogen-bond acceptors (Lipinski definition) is 4. The predicted octanol–water partition coefficient (Wildman–Crippen LogP) is 3.79. The normalized spacial score (nSPS) is 17.0. The molecule has 2 aromatic carbocycles. The number of para-hydroxylation sites is 1. The summed E-state index contributed by atoms with van der Waals surface area (Å²) >= 11 is 0. The monoisotopic (exact) mass is 339 g/mol. The van der Waals surface area contributed by atoms with Gasteiger partial charge in [-0.2, -0.15) is 0 Å². The second-order valence-corrected chi connectivity index (χ2v) is 6.06. The summed E-state index contributed by atoms with van der Waals surface area (Å²) in [5.74, 6) is 1.08. The van der Waals surface area contributed by atoms with E-state index < -0.39 is 6.09 Å². The first-order chi connectivity index (χ1) is 12.2. The Labute approximate surface area is 147 Å². The Bertz CT molecular complexity index is 727. The lowest BCUT2D eigenvalue weighted by atomic mass is 9.90. The fraction of sp³-hybridized carbons (Fsp3) is 0.300. The van der Waals surface area contributed by atoms with Crippen LogP contribution in [0.1, 0.15) is 23.2 Å². The van der Waals surface area contributed by atoms with E-state index >= 15 is 0 Å². The van der Waals surface area contributed by atoms with Crippen molar-refractivity contribution in [2.24, 2.45) is 5.92 Å². The molecule has 0 aliphatic carbocycles. The largest absolute Gasteiger partial charge is 0.497 e. The summed E-state index contributed by atoms with van der Waals surface area (Å²) in [6.45, 7) is 0.995. The third-order valence-electron chi connectivity index (χ3n) is 4.37. The summed E-state index contributed by atoms with van der Waals surface area (Å²) in [5, 5.41) is 0. The van der Waals surface area contributed by atoms with Crippen molar-refractivity contribution < 1.29 is 19.1 Å². The van der Waals surface area contributed by atoms with Crippen LogP contribution in [-0.2, 0) is 0 Å². The lowest BCUT2D eigenvalue weighted by Gasteiger charge is -2.31. The van der Waals surface area contributed by atoms with Crippen molar-refractivity contribution in [3.05, 3.63) is 60.2 Å². The fourth-order valence-electron chi connectivity index (χ4n) is 3.00. The Morgan fingerprint density at radius 1 is 1.00 bits per heavy atom. The number of benzene rings is 2. The molecule has 1 saturated heterocycles. The molecule has 1 aliphatic heterocycles. The van der Waals surface area contributed by atoms with Gasteiger partial charge in [-0.3, -0.25) is 4.79 Å². The molecule has 0 radical (unpaired) electrons. The molecular weight excluding hydrogens is 318 g/mol. The minimum absolute atomic E-state index is 0.0554. The van der Waals surface area contributed by atoms with Gasteiger partial charge in [0, 0.05) is 24.6 Å². The first-order valence-corrected chi connectivity index (χ1v) is 8.37. The highest BCUT2D eigenvalue weighted by Crippen LogP contribution is 2.23. The summed E-state index contributed by atoms with van der Waals surface area (Å²) in [7, 11) is 1.59. The van der Waals surface area contributed by atoms with E-state index in [4.69, 9.17) is 9.47 Å². The van der Waals surface area contributed by atoms with Crippen LogP contribution in [0.5, 0.6) is 11.5 Å². The van der Waals surface area contributed by atoms with Gasteiger partial charge in [-0.1, -0.05) is 18.2 Å². The topological polar surface area (TPSA) is 55.8 Å². The van der Waals surface area contributed by atoms with Crippen LogP contribution < -0.4 is 9.47 Å². The summed E-state index contributed by atoms with van der Waals surface area (Å²) in [6, 6.07) is 16.1. The zero-order valence-corrected chi connectivity index (χ0v) is 14.2. The molecule has 0 aromatic heterocycles. The Morgan fingerprint density at radius 2 is 1.72 bits per heavy atom. The van der Waals surface area contributed by atoms with E-state index in [9.17, 15) is 9.59 Å². The minimum Gasteiger partial charge on any atom is -0.497 e. The number of ketones is 1. The molecule has 25 heavy (non-hydrogen) atoms. The van der Waals surface area contributed by atoms with Crippen LogP contribution in [0.3, 0.4) is 0 Å². The number of nitrogens with zero attached hydrogens (tertiary/aromatic N) is 1. The van der Waals surface area contributed by atoms with Gasteiger partial charge in [0.1, 0.15) is 11.5 Å². The van der Waals surface area contributed by atoms with Crippen molar-refractivity contribution in [3.63, 3.8) is 0 Å². The lowest BCUT2D eigenvalue weighted by molar-refractivity contribution is 0.0815. The highest BCUT2D eigenvalue weighted by molar-refractivity contribution is 5.98. The van der Waals surface area contributed by atoms with Gasteiger partial charge < -0.3 is 14.4 Å². The number of amides is 1. The number of methoxy groups -OCH3 is 1. The standard InChI is InChI=1S/C20H21NO4/c1-24-17-11-9-15(10-12-17)19(22)16-6-5-13-21(14-16)20(23)25-18-7-3-2-4-8-18/h2-4,7-12,16H,5-6,13-14H2,1H3. The van der Waals surface area contributed by atoms with Gasteiger partial charge in [0.25, 0.3) is 0 Å². The van der Waals surface area contributed by atoms with Crippen LogP contribution in [0.2, 0.25) is 0 Å². The maximum absolute atomic E-state index is 12.7. The predicted molar refractivity (Wildman–Crippen MR) is 94.1 cm³/mol. The number of Topliss-reactive ketones (excluding diaryl/α,β-unsaturated/α-hetero) is 1. The first kappa shape index (κ1) is 17.0. The molecule has 1 fully saturated rings. The van der Waals surface area contributed by atoms with E-state index in [1.54, 1.807) is 48.4 Å². The number of ether oxygens (including phenoxy) is 2. The molecule has 1 unspecified atom stereocenters. The molecule has 1 heterocycles. The summed E-state index contributed by atoms with van der Waals surface area (Å²) in [6.07, 6.45) is 1.16. The Morgan fingerprint density at radius 3 is 2.40 bits per heavy atom. The van der Waals surface area contributed by atoms with Crippen molar-refractivity contribution in [1.29, 1.82) is 0 Å². The first-order valence-electron chi connectivity index (χ1n) is 8.37. The van der Waals surface area contributed by atoms with Crippen LogP contribution >= 0.6 is 0 Å². The van der Waals surface area contributed by atoms with Gasteiger partial charge in [-0.05, 0) is 49.2 Å². The maximum Gasteiger partial charge on any atom is 0.415 e. The Hall–Kier alpha value is -2.82. The third-order valence-corrected chi connectivity index (χ3v) is 4.37. The van der Waals surface area contributed by atoms with E-state index in [2.05, 4.69) is 0 Å². The van der Waals surface area contributed by atoms with Crippen molar-refractivity contribution in [2.75, 3.05) is 20.2 Å². The summed E-state index contributed by atoms with van der Waals surface area (Å²) < 4.78 is 10.5. The molecule has 2 aromatic rings. The summed E-state index contributed by atoms with van der Waals surface area (Å²) in [4.78, 5) is 26.7. The molecule has 1 atom stereocenters. The number of rotatable bonds is 4. The van der Waals surface area contributed by atoms with Crippen molar-refractivity contribution in [1.82, 2.24) is 4.90 Å². The second-order valence-electron chi connectivity index (χ2n) is 6.06. The van der Waals surface area contributed by atoms with Crippen LogP contribution in [0.4, 0.5) is 4.79 Å². The SMILES string of the molecule is COc1ccc(C(=O)C2CCCN(C(=O)Oc3ccccc3)C2)cc1. The Balaban J connectivity index is 1.63. The van der Waals surface area contributed by atoms with Gasteiger partial charge in [0.2, 0.25) is 0 Å². The molecule has 0 spiro atoms. The summed E-state index contributed by atoms with van der Waals surface area (Å²) in [5.41, 5.74) is 0.643. The van der Waals surface area contributed by atoms with E-state index in [0.717, 1.165) is 12.8 Å². The molecule has 130 valence electrons. The molecule has 5 heteroatoms. The minimum atomic E-state index is -0.404. The average Bonchev–Trinajstić information content (AvgIpc) is 2.68. The van der Waals surface area contributed by atoms with Gasteiger partial charge in [-0.25, -0.2) is 4.79 Å². The highest BCUT2D eigenvalue weighted by Gasteiger charge is 2.30. The second kappa shape index (κ2) is 7.83. The lowest BCUT2D eigenvalue weighted by Crippen LogP contribution is -2.43. The number of likely N-dealkylation sites (tertiary alicyclic amines) is 1. The third kappa shape index (κ3) is 4.18. The van der Waals surface area contributed by atoms with Gasteiger partial charge in [0.05, 0.1) is 7.11 Å². The average molecular weight is 339 g/mol. The van der Waals surface area contributed by atoms with Gasteiger partial charge >= 0.3 is 6.09 Å². The fourth-order valence-corrected chi connectivity index (χ4v) is 3.00. The van der Waals surface area contributed by atoms with Crippen LogP contribution in [0.15, 0.2) is 54.6 Å². The van der Waals surface area contributed by atoms with Gasteiger partial charge in [-0.15, -0.1) is 0 Å². The van der Waals surface area contributed by atoms with Crippen LogP contribution in [0.25, 0.3) is 0 Å². The van der Waals surface area contributed by atoms with Gasteiger partial charge in [0.15, 0.2) is 5.78 Å². The molecule has 3 rings (SSSR count). The number of carbonyl (C=O) groups is 2. The molecular formula is C20H21NO4. The highest BCUT2D eigenvalue weighted by atomic mass is 16.6. The van der Waals surface area contributed by atoms with Crippen LogP contribution in [-0.4, -0.2) is 37.0 Å². The molecule has 0 saturated carbocycles. The quantitative estimate of drug-likeness (QED) is 0.795. The number of hydrogen-bond donors (Lipinski definition) is 0. The van der Waals surface area contributed by atoms with Crippen molar-refractivity contribution in [3.8, 4) is 11.5 Å². The number of carbonyl (C=O) groups excluding carboxylic acids is 2. The molecule has 5 nitrogen and oxygen atoms in total. The zero-order chi connectivity index (χ0) is 17.6. The van der Waals surface area contributed by atoms with Crippen molar-refractivity contribution in [2.45, 2.75) is 12.8 Å². The van der Waals surface area contributed by atoms with E-state index in [0.29, 0.717) is 30.2 Å². The smallest absolute Gasteiger partial charge is 0.415 e. The molecule has 1 aliphatic rings. The molecule has 1 amide bonds. The molecule has 0 bridgehead atoms. The van der Waals surface area contributed by atoms with E-state index in [1.807, 2.05) is 18.2 Å².